The van der Waals surface area contributed by atoms with Crippen LogP contribution in [0.5, 0.6) is 0 Å². The number of H-pyrrole nitrogens is 1. The van der Waals surface area contributed by atoms with Crippen molar-refractivity contribution >= 4 is 26.7 Å². The standard InChI is InChI=1S/C23H21N3O2S/c27-29(28,26-20-12-6-10-16-7-4-5-11-19(16)20)18-13-14-21-22(15-18)25-23(24-21)17-8-2-1-3-9-17/h1-3,6,8-10,12-15,26H,4-5,7,11H2,(H,24,25). The van der Waals surface area contributed by atoms with Crippen molar-refractivity contribution in [1.29, 1.82) is 0 Å². The zero-order chi connectivity index (χ0) is 19.8. The molecule has 0 fully saturated rings. The average Bonchev–Trinajstić information content (AvgIpc) is 3.18. The number of hydrogen-bond acceptors (Lipinski definition) is 3. The number of imidazole rings is 1. The third-order valence-electron chi connectivity index (χ3n) is 5.45. The average molecular weight is 404 g/mol. The molecule has 1 aliphatic rings. The lowest BCUT2D eigenvalue weighted by Gasteiger charge is -2.20. The molecule has 0 spiro atoms. The molecule has 0 saturated heterocycles. The minimum atomic E-state index is -3.69. The largest absolute Gasteiger partial charge is 0.338 e. The second-order valence-electron chi connectivity index (χ2n) is 7.39. The van der Waals surface area contributed by atoms with Crippen molar-refractivity contribution in [1.82, 2.24) is 9.97 Å². The fourth-order valence-electron chi connectivity index (χ4n) is 3.97. The fourth-order valence-corrected chi connectivity index (χ4v) is 5.09. The van der Waals surface area contributed by atoms with Gasteiger partial charge in [-0.05, 0) is 61.1 Å². The lowest BCUT2D eigenvalue weighted by Crippen LogP contribution is -2.16. The van der Waals surface area contributed by atoms with Gasteiger partial charge in [0.05, 0.1) is 21.6 Å². The molecule has 0 saturated carbocycles. The first-order valence-electron chi connectivity index (χ1n) is 9.79. The number of fused-ring (bicyclic) bond motifs is 2. The van der Waals surface area contributed by atoms with Crippen molar-refractivity contribution in [3.63, 3.8) is 0 Å². The van der Waals surface area contributed by atoms with Crippen molar-refractivity contribution in [2.24, 2.45) is 0 Å². The van der Waals surface area contributed by atoms with Crippen LogP contribution in [0.3, 0.4) is 0 Å². The molecule has 5 rings (SSSR count). The highest BCUT2D eigenvalue weighted by molar-refractivity contribution is 7.92. The van der Waals surface area contributed by atoms with Gasteiger partial charge in [0.2, 0.25) is 0 Å². The molecule has 1 aromatic heterocycles. The molecule has 0 radical (unpaired) electrons. The number of rotatable bonds is 4. The van der Waals surface area contributed by atoms with Gasteiger partial charge in [-0.1, -0.05) is 42.5 Å². The maximum absolute atomic E-state index is 13.1. The Morgan fingerprint density at radius 3 is 2.59 bits per heavy atom. The molecule has 0 unspecified atom stereocenters. The Kier molecular flexibility index (Phi) is 4.36. The van der Waals surface area contributed by atoms with Gasteiger partial charge in [0.15, 0.2) is 0 Å². The first-order valence-corrected chi connectivity index (χ1v) is 11.3. The third-order valence-corrected chi connectivity index (χ3v) is 6.81. The molecule has 3 aromatic carbocycles. The van der Waals surface area contributed by atoms with E-state index in [9.17, 15) is 8.42 Å². The number of nitrogens with zero attached hydrogens (tertiary/aromatic N) is 1. The Morgan fingerprint density at radius 1 is 0.897 bits per heavy atom. The monoisotopic (exact) mass is 403 g/mol. The quantitative estimate of drug-likeness (QED) is 0.508. The van der Waals surface area contributed by atoms with Gasteiger partial charge in [-0.3, -0.25) is 4.72 Å². The van der Waals surface area contributed by atoms with E-state index in [1.165, 1.54) is 5.56 Å². The molecule has 0 bridgehead atoms. The summed E-state index contributed by atoms with van der Waals surface area (Å²) in [5.74, 6) is 0.722. The molecule has 1 heterocycles. The summed E-state index contributed by atoms with van der Waals surface area (Å²) in [6.45, 7) is 0. The van der Waals surface area contributed by atoms with Gasteiger partial charge in [0, 0.05) is 5.56 Å². The van der Waals surface area contributed by atoms with Crippen LogP contribution in [0, 0.1) is 0 Å². The minimum absolute atomic E-state index is 0.224. The molecule has 2 N–H and O–H groups in total. The summed E-state index contributed by atoms with van der Waals surface area (Å²) in [5.41, 5.74) is 5.45. The maximum atomic E-state index is 13.1. The van der Waals surface area contributed by atoms with Gasteiger partial charge < -0.3 is 4.98 Å². The lowest BCUT2D eigenvalue weighted by atomic mass is 9.91. The van der Waals surface area contributed by atoms with E-state index in [4.69, 9.17) is 0 Å². The Balaban J connectivity index is 1.50. The van der Waals surface area contributed by atoms with E-state index in [2.05, 4.69) is 20.8 Å². The summed E-state index contributed by atoms with van der Waals surface area (Å²) in [6.07, 6.45) is 4.17. The first kappa shape index (κ1) is 17.9. The van der Waals surface area contributed by atoms with Crippen LogP contribution in [0.2, 0.25) is 0 Å². The molecule has 1 aliphatic carbocycles. The molecule has 5 nitrogen and oxygen atoms in total. The Hall–Kier alpha value is -3.12. The van der Waals surface area contributed by atoms with E-state index < -0.39 is 10.0 Å². The van der Waals surface area contributed by atoms with E-state index in [0.717, 1.165) is 48.2 Å². The van der Waals surface area contributed by atoms with Crippen LogP contribution >= 0.6 is 0 Å². The van der Waals surface area contributed by atoms with Crippen LogP contribution in [0.25, 0.3) is 22.4 Å². The van der Waals surface area contributed by atoms with Gasteiger partial charge in [-0.15, -0.1) is 0 Å². The summed E-state index contributed by atoms with van der Waals surface area (Å²) < 4.78 is 28.9. The molecule has 0 atom stereocenters. The van der Waals surface area contributed by atoms with Crippen molar-refractivity contribution in [2.75, 3.05) is 4.72 Å². The highest BCUT2D eigenvalue weighted by Gasteiger charge is 2.20. The van der Waals surface area contributed by atoms with Crippen molar-refractivity contribution in [3.05, 3.63) is 77.9 Å². The van der Waals surface area contributed by atoms with Gasteiger partial charge in [0.1, 0.15) is 5.82 Å². The second kappa shape index (κ2) is 7.04. The number of anilines is 1. The number of nitrogens with one attached hydrogen (secondary N) is 2. The summed E-state index contributed by atoms with van der Waals surface area (Å²) in [4.78, 5) is 8.04. The number of hydrogen-bond donors (Lipinski definition) is 2. The van der Waals surface area contributed by atoms with Gasteiger partial charge in [0.25, 0.3) is 10.0 Å². The highest BCUT2D eigenvalue weighted by atomic mass is 32.2. The number of sulfonamides is 1. The van der Waals surface area contributed by atoms with Gasteiger partial charge in [-0.2, -0.15) is 0 Å². The molecule has 6 heteroatoms. The van der Waals surface area contributed by atoms with Crippen LogP contribution < -0.4 is 4.72 Å². The first-order chi connectivity index (χ1) is 14.1. The molecule has 4 aromatic rings. The second-order valence-corrected chi connectivity index (χ2v) is 9.07. The zero-order valence-corrected chi connectivity index (χ0v) is 16.7. The third kappa shape index (κ3) is 3.40. The van der Waals surface area contributed by atoms with E-state index in [1.807, 2.05) is 42.5 Å². The highest BCUT2D eigenvalue weighted by Crippen LogP contribution is 2.30. The summed E-state index contributed by atoms with van der Waals surface area (Å²) >= 11 is 0. The van der Waals surface area contributed by atoms with Crippen LogP contribution in [0.1, 0.15) is 24.0 Å². The van der Waals surface area contributed by atoms with E-state index in [0.29, 0.717) is 11.2 Å². The van der Waals surface area contributed by atoms with Gasteiger partial charge in [-0.25, -0.2) is 13.4 Å². The fraction of sp³-hybridized carbons (Fsp3) is 0.174. The Bertz CT molecular complexity index is 1290. The van der Waals surface area contributed by atoms with E-state index in [-0.39, 0.29) is 4.90 Å². The number of aromatic nitrogens is 2. The van der Waals surface area contributed by atoms with Crippen LogP contribution in [0.4, 0.5) is 5.69 Å². The molecule has 0 amide bonds. The SMILES string of the molecule is O=S(=O)(Nc1cccc2c1CCCC2)c1ccc2nc(-c3ccccc3)[nH]c2c1. The van der Waals surface area contributed by atoms with Crippen molar-refractivity contribution < 1.29 is 8.42 Å². The van der Waals surface area contributed by atoms with Crippen LogP contribution in [-0.4, -0.2) is 18.4 Å². The summed E-state index contributed by atoms with van der Waals surface area (Å²) in [7, 11) is -3.69. The molecule has 0 aliphatic heterocycles. The lowest BCUT2D eigenvalue weighted by molar-refractivity contribution is 0.601. The molecule has 29 heavy (non-hydrogen) atoms. The topological polar surface area (TPSA) is 74.8 Å². The zero-order valence-electron chi connectivity index (χ0n) is 15.9. The molecular weight excluding hydrogens is 382 g/mol. The molecular formula is C23H21N3O2S. The van der Waals surface area contributed by atoms with Gasteiger partial charge >= 0.3 is 0 Å². The smallest absolute Gasteiger partial charge is 0.261 e. The number of benzene rings is 3. The molecule has 146 valence electrons. The summed E-state index contributed by atoms with van der Waals surface area (Å²) in [5, 5.41) is 0. The van der Waals surface area contributed by atoms with Crippen LogP contribution in [-0.2, 0) is 22.9 Å². The Labute approximate surface area is 169 Å². The normalized spacial score (nSPS) is 13.9. The number of aryl methyl sites for hydroxylation is 1. The predicted octanol–water partition coefficient (Wildman–Crippen LogP) is 4.91. The Morgan fingerprint density at radius 2 is 1.72 bits per heavy atom. The summed E-state index contributed by atoms with van der Waals surface area (Å²) in [6, 6.07) is 20.6. The number of aromatic amines is 1. The maximum Gasteiger partial charge on any atom is 0.261 e. The van der Waals surface area contributed by atoms with E-state index >= 15 is 0 Å². The van der Waals surface area contributed by atoms with E-state index in [1.54, 1.807) is 18.2 Å². The predicted molar refractivity (Wildman–Crippen MR) is 115 cm³/mol. The van der Waals surface area contributed by atoms with Crippen molar-refractivity contribution in [2.45, 2.75) is 30.6 Å². The van der Waals surface area contributed by atoms with Crippen molar-refractivity contribution in [3.8, 4) is 11.4 Å². The minimum Gasteiger partial charge on any atom is -0.338 e. The van der Waals surface area contributed by atoms with Crippen LogP contribution in [0.15, 0.2) is 71.6 Å².